The van der Waals surface area contributed by atoms with Gasteiger partial charge >= 0.3 is 6.18 Å². The molecule has 1 aliphatic rings. The Morgan fingerprint density at radius 3 is 2.42 bits per heavy atom. The summed E-state index contributed by atoms with van der Waals surface area (Å²) in [7, 11) is -4.09. The fourth-order valence-electron chi connectivity index (χ4n) is 3.56. The van der Waals surface area contributed by atoms with E-state index in [0.29, 0.717) is 12.1 Å². The molecule has 3 aromatic rings. The summed E-state index contributed by atoms with van der Waals surface area (Å²) in [5.41, 5.74) is 1.46. The summed E-state index contributed by atoms with van der Waals surface area (Å²) < 4.78 is 65.9. The van der Waals surface area contributed by atoms with E-state index < -0.39 is 21.8 Å². The first-order chi connectivity index (χ1) is 15.6. The van der Waals surface area contributed by atoms with Crippen molar-refractivity contribution in [2.75, 3.05) is 16.2 Å². The molecule has 4 rings (SSSR count). The first kappa shape index (κ1) is 22.6. The van der Waals surface area contributed by atoms with Crippen molar-refractivity contribution in [1.82, 2.24) is 0 Å². The lowest BCUT2D eigenvalue weighted by Gasteiger charge is -2.14. The van der Waals surface area contributed by atoms with E-state index in [4.69, 9.17) is 0 Å². The van der Waals surface area contributed by atoms with Crippen molar-refractivity contribution in [2.24, 2.45) is 0 Å². The van der Waals surface area contributed by atoms with Crippen LogP contribution >= 0.6 is 0 Å². The number of anilines is 2. The Hall–Kier alpha value is -3.59. The number of hydrogen-bond acceptors (Lipinski definition) is 3. The number of benzene rings is 3. The standard InChI is InChI=1S/C24H19F3N2O3S/c25-24(26,27)19-5-3-6-20(16-19)28-33(31,32)21-11-8-17(9-12-21)10-13-23(30)29-15-14-18-4-1-2-7-22(18)29/h1-13,16,28H,14-15H2/b13-10+. The second kappa shape index (κ2) is 8.74. The van der Waals surface area contributed by atoms with Gasteiger partial charge in [-0.05, 0) is 60.0 Å². The molecule has 0 unspecified atom stereocenters. The molecule has 1 N–H and O–H groups in total. The van der Waals surface area contributed by atoms with E-state index in [9.17, 15) is 26.4 Å². The predicted octanol–water partition coefficient (Wildman–Crippen LogP) is 5.11. The van der Waals surface area contributed by atoms with Gasteiger partial charge < -0.3 is 4.90 Å². The molecule has 1 amide bonds. The number of sulfonamides is 1. The van der Waals surface area contributed by atoms with Crippen LogP contribution in [0.3, 0.4) is 0 Å². The second-order valence-corrected chi connectivity index (χ2v) is 9.14. The van der Waals surface area contributed by atoms with E-state index in [1.165, 1.54) is 36.4 Å². The zero-order valence-electron chi connectivity index (χ0n) is 17.2. The lowest BCUT2D eigenvalue weighted by molar-refractivity contribution is -0.137. The molecule has 170 valence electrons. The van der Waals surface area contributed by atoms with E-state index in [1.54, 1.807) is 11.0 Å². The fourth-order valence-corrected chi connectivity index (χ4v) is 4.61. The first-order valence-corrected chi connectivity index (χ1v) is 11.5. The van der Waals surface area contributed by atoms with Crippen LogP contribution in [0.5, 0.6) is 0 Å². The van der Waals surface area contributed by atoms with Crippen molar-refractivity contribution >= 4 is 33.4 Å². The Kier molecular flexibility index (Phi) is 5.99. The van der Waals surface area contributed by atoms with Crippen LogP contribution in [0.15, 0.2) is 83.8 Å². The van der Waals surface area contributed by atoms with Crippen LogP contribution in [0, 0.1) is 0 Å². The third-order valence-electron chi connectivity index (χ3n) is 5.20. The summed E-state index contributed by atoms with van der Waals surface area (Å²) in [6.45, 7) is 0.598. The number of carbonyl (C=O) groups excluding carboxylic acids is 1. The van der Waals surface area contributed by atoms with Gasteiger partial charge in [0.1, 0.15) is 0 Å². The zero-order chi connectivity index (χ0) is 23.6. The maximum Gasteiger partial charge on any atom is 0.416 e. The molecule has 9 heteroatoms. The van der Waals surface area contributed by atoms with Crippen molar-refractivity contribution in [2.45, 2.75) is 17.5 Å². The topological polar surface area (TPSA) is 66.5 Å². The van der Waals surface area contributed by atoms with Gasteiger partial charge in [-0.2, -0.15) is 13.2 Å². The molecule has 1 heterocycles. The Labute approximate surface area is 189 Å². The fraction of sp³-hybridized carbons (Fsp3) is 0.125. The Balaban J connectivity index is 1.45. The molecule has 0 saturated carbocycles. The minimum Gasteiger partial charge on any atom is -0.308 e. The van der Waals surface area contributed by atoms with E-state index >= 15 is 0 Å². The van der Waals surface area contributed by atoms with E-state index in [-0.39, 0.29) is 16.5 Å². The number of alkyl halides is 3. The second-order valence-electron chi connectivity index (χ2n) is 7.46. The average Bonchev–Trinajstić information content (AvgIpc) is 3.21. The van der Waals surface area contributed by atoms with E-state index in [1.807, 2.05) is 24.3 Å². The van der Waals surface area contributed by atoms with Gasteiger partial charge in [-0.15, -0.1) is 0 Å². The molecule has 0 atom stereocenters. The van der Waals surface area contributed by atoms with Crippen LogP contribution in [0.1, 0.15) is 16.7 Å². The largest absolute Gasteiger partial charge is 0.416 e. The average molecular weight is 472 g/mol. The van der Waals surface area contributed by atoms with Crippen molar-refractivity contribution in [3.05, 3.63) is 95.6 Å². The summed E-state index contributed by atoms with van der Waals surface area (Å²) >= 11 is 0. The number of halogens is 3. The first-order valence-electron chi connectivity index (χ1n) is 10.0. The summed E-state index contributed by atoms with van der Waals surface area (Å²) in [6, 6.07) is 17.3. The van der Waals surface area contributed by atoms with Gasteiger partial charge in [0.25, 0.3) is 15.9 Å². The normalized spacial score (nSPS) is 13.8. The maximum atomic E-state index is 12.9. The van der Waals surface area contributed by atoms with Crippen molar-refractivity contribution in [3.63, 3.8) is 0 Å². The SMILES string of the molecule is O=C(/C=C/c1ccc(S(=O)(=O)Nc2cccc(C(F)(F)F)c2)cc1)N1CCc2ccccc21. The molecular weight excluding hydrogens is 453 g/mol. The Bertz CT molecular complexity index is 1320. The monoisotopic (exact) mass is 472 g/mol. The molecule has 0 aromatic heterocycles. The van der Waals surface area contributed by atoms with E-state index in [0.717, 1.165) is 35.9 Å². The minimum absolute atomic E-state index is 0.114. The summed E-state index contributed by atoms with van der Waals surface area (Å²) in [5, 5.41) is 0. The summed E-state index contributed by atoms with van der Waals surface area (Å²) in [6.07, 6.45) is -0.780. The molecule has 0 bridgehead atoms. The van der Waals surface area contributed by atoms with Gasteiger partial charge in [0.15, 0.2) is 0 Å². The molecule has 0 radical (unpaired) electrons. The van der Waals surface area contributed by atoms with Gasteiger partial charge in [-0.3, -0.25) is 9.52 Å². The number of amides is 1. The minimum atomic E-state index is -4.58. The zero-order valence-corrected chi connectivity index (χ0v) is 18.0. The highest BCUT2D eigenvalue weighted by molar-refractivity contribution is 7.92. The lowest BCUT2D eigenvalue weighted by Crippen LogP contribution is -2.26. The Morgan fingerprint density at radius 2 is 1.70 bits per heavy atom. The molecule has 5 nitrogen and oxygen atoms in total. The smallest absolute Gasteiger partial charge is 0.308 e. The number of rotatable bonds is 5. The number of hydrogen-bond donors (Lipinski definition) is 1. The molecule has 0 saturated heterocycles. The van der Waals surface area contributed by atoms with Crippen LogP contribution in [0.4, 0.5) is 24.5 Å². The number of nitrogens with zero attached hydrogens (tertiary/aromatic N) is 1. The summed E-state index contributed by atoms with van der Waals surface area (Å²) in [4.78, 5) is 14.1. The highest BCUT2D eigenvalue weighted by atomic mass is 32.2. The van der Waals surface area contributed by atoms with Gasteiger partial charge in [-0.25, -0.2) is 8.42 Å². The third kappa shape index (κ3) is 5.09. The number of para-hydroxylation sites is 1. The van der Waals surface area contributed by atoms with E-state index in [2.05, 4.69) is 4.72 Å². The molecule has 0 aliphatic carbocycles. The number of fused-ring (bicyclic) bond motifs is 1. The molecule has 3 aromatic carbocycles. The summed E-state index contributed by atoms with van der Waals surface area (Å²) in [5.74, 6) is -0.178. The van der Waals surface area contributed by atoms with Crippen molar-refractivity contribution < 1.29 is 26.4 Å². The lowest BCUT2D eigenvalue weighted by atomic mass is 10.2. The quantitative estimate of drug-likeness (QED) is 0.525. The predicted molar refractivity (Wildman–Crippen MR) is 120 cm³/mol. The van der Waals surface area contributed by atoms with Crippen LogP contribution in [-0.2, 0) is 27.4 Å². The highest BCUT2D eigenvalue weighted by Gasteiger charge is 2.30. The molecule has 0 fully saturated rings. The van der Waals surface area contributed by atoms with Crippen LogP contribution < -0.4 is 9.62 Å². The molecule has 0 spiro atoms. The van der Waals surface area contributed by atoms with Crippen LogP contribution in [0.25, 0.3) is 6.08 Å². The van der Waals surface area contributed by atoms with Crippen molar-refractivity contribution in [3.8, 4) is 0 Å². The third-order valence-corrected chi connectivity index (χ3v) is 6.60. The molecule has 33 heavy (non-hydrogen) atoms. The maximum absolute atomic E-state index is 12.9. The number of nitrogens with one attached hydrogen (secondary N) is 1. The number of carbonyl (C=O) groups is 1. The molecular formula is C24H19F3N2O3S. The van der Waals surface area contributed by atoms with Gasteiger partial charge in [0.2, 0.25) is 0 Å². The van der Waals surface area contributed by atoms with Crippen LogP contribution in [-0.4, -0.2) is 20.9 Å². The van der Waals surface area contributed by atoms with Gasteiger partial charge in [0, 0.05) is 24.0 Å². The molecule has 1 aliphatic heterocycles. The van der Waals surface area contributed by atoms with Crippen LogP contribution in [0.2, 0.25) is 0 Å². The van der Waals surface area contributed by atoms with Crippen molar-refractivity contribution in [1.29, 1.82) is 0 Å². The highest BCUT2D eigenvalue weighted by Crippen LogP contribution is 2.31. The Morgan fingerprint density at radius 1 is 0.970 bits per heavy atom. The van der Waals surface area contributed by atoms with Gasteiger partial charge in [-0.1, -0.05) is 36.4 Å². The van der Waals surface area contributed by atoms with Gasteiger partial charge in [0.05, 0.1) is 10.5 Å².